The van der Waals surface area contributed by atoms with Gasteiger partial charge in [0, 0.05) is 13.1 Å². The van der Waals surface area contributed by atoms with Crippen molar-refractivity contribution in [2.24, 2.45) is 0 Å². The van der Waals surface area contributed by atoms with Crippen LogP contribution in [-0.4, -0.2) is 32.0 Å². The summed E-state index contributed by atoms with van der Waals surface area (Å²) >= 11 is 0. The molecule has 2 aliphatic heterocycles. The SMILES string of the molecule is O=S1(=O)N(CC[C@H]2CO2)Cc2ccccc2N1c1ccccc1F. The molecule has 2 aliphatic rings. The lowest BCUT2D eigenvalue weighted by molar-refractivity contribution is 0.345. The third kappa shape index (κ3) is 2.68. The van der Waals surface area contributed by atoms with E-state index in [1.54, 1.807) is 24.3 Å². The van der Waals surface area contributed by atoms with Crippen molar-refractivity contribution in [2.75, 3.05) is 17.5 Å². The van der Waals surface area contributed by atoms with E-state index < -0.39 is 16.0 Å². The number of epoxide rings is 1. The Balaban J connectivity index is 1.80. The third-order valence-electron chi connectivity index (χ3n) is 4.29. The molecule has 0 N–H and O–H groups in total. The van der Waals surface area contributed by atoms with Gasteiger partial charge in [0.05, 0.1) is 24.1 Å². The van der Waals surface area contributed by atoms with Crippen molar-refractivity contribution in [3.8, 4) is 0 Å². The number of para-hydroxylation sites is 2. The molecule has 1 fully saturated rings. The first-order chi connectivity index (χ1) is 11.6. The van der Waals surface area contributed by atoms with Gasteiger partial charge in [0.2, 0.25) is 0 Å². The topological polar surface area (TPSA) is 53.2 Å². The van der Waals surface area contributed by atoms with E-state index in [-0.39, 0.29) is 18.3 Å². The Hall–Kier alpha value is -1.96. The van der Waals surface area contributed by atoms with Gasteiger partial charge >= 0.3 is 10.2 Å². The second-order valence-electron chi connectivity index (χ2n) is 5.93. The fourth-order valence-electron chi connectivity index (χ4n) is 2.94. The molecule has 0 aromatic heterocycles. The van der Waals surface area contributed by atoms with Crippen LogP contribution in [0.25, 0.3) is 0 Å². The summed E-state index contributed by atoms with van der Waals surface area (Å²) in [5.41, 5.74) is 1.39. The van der Waals surface area contributed by atoms with E-state index in [0.717, 1.165) is 9.87 Å². The van der Waals surface area contributed by atoms with Gasteiger partial charge in [-0.25, -0.2) is 8.70 Å². The summed E-state index contributed by atoms with van der Waals surface area (Å²) in [6.07, 6.45) is 0.784. The Morgan fingerprint density at radius 3 is 2.46 bits per heavy atom. The zero-order valence-corrected chi connectivity index (χ0v) is 13.7. The number of benzene rings is 2. The first-order valence-corrected chi connectivity index (χ1v) is 9.21. The summed E-state index contributed by atoms with van der Waals surface area (Å²) in [7, 11) is -3.85. The molecule has 4 rings (SSSR count). The lowest BCUT2D eigenvalue weighted by Crippen LogP contribution is -2.46. The van der Waals surface area contributed by atoms with E-state index in [1.807, 2.05) is 12.1 Å². The number of hydrogen-bond donors (Lipinski definition) is 0. The zero-order valence-electron chi connectivity index (χ0n) is 12.9. The van der Waals surface area contributed by atoms with Crippen LogP contribution in [0.1, 0.15) is 12.0 Å². The molecule has 126 valence electrons. The highest BCUT2D eigenvalue weighted by atomic mass is 32.2. The first-order valence-electron chi connectivity index (χ1n) is 7.82. The summed E-state index contributed by atoms with van der Waals surface area (Å²) in [4.78, 5) is 0. The van der Waals surface area contributed by atoms with Crippen molar-refractivity contribution in [3.63, 3.8) is 0 Å². The minimum Gasteiger partial charge on any atom is -0.373 e. The maximum atomic E-state index is 14.3. The second kappa shape index (κ2) is 5.84. The van der Waals surface area contributed by atoms with Gasteiger partial charge in [-0.05, 0) is 30.2 Å². The lowest BCUT2D eigenvalue weighted by atomic mass is 10.1. The monoisotopic (exact) mass is 348 g/mol. The van der Waals surface area contributed by atoms with E-state index in [2.05, 4.69) is 0 Å². The normalized spacial score (nSPS) is 22.2. The fraction of sp³-hybridized carbons (Fsp3) is 0.294. The number of anilines is 2. The summed E-state index contributed by atoms with van der Waals surface area (Å²) in [6, 6.07) is 13.1. The fourth-order valence-corrected chi connectivity index (χ4v) is 4.63. The quantitative estimate of drug-likeness (QED) is 0.799. The summed E-state index contributed by atoms with van der Waals surface area (Å²) in [5.74, 6) is -0.566. The van der Waals surface area contributed by atoms with Crippen molar-refractivity contribution in [1.82, 2.24) is 4.31 Å². The standard InChI is InChI=1S/C17H17FN2O3S/c18-15-6-2-4-8-17(15)20-16-7-3-1-5-13(16)11-19(24(20,21)22)10-9-14-12-23-14/h1-8,14H,9-12H2/t14-/m0/s1. The van der Waals surface area contributed by atoms with Crippen molar-refractivity contribution < 1.29 is 17.5 Å². The average Bonchev–Trinajstić information content (AvgIpc) is 3.38. The Bertz CT molecular complexity index is 868. The van der Waals surface area contributed by atoms with E-state index in [0.29, 0.717) is 25.3 Å². The highest BCUT2D eigenvalue weighted by molar-refractivity contribution is 7.90. The molecule has 0 amide bonds. The molecule has 2 aromatic rings. The van der Waals surface area contributed by atoms with Crippen LogP contribution in [0, 0.1) is 5.82 Å². The number of ether oxygens (including phenoxy) is 1. The second-order valence-corrected chi connectivity index (χ2v) is 7.71. The number of rotatable bonds is 4. The molecular formula is C17H17FN2O3S. The first kappa shape index (κ1) is 15.6. The van der Waals surface area contributed by atoms with Crippen LogP contribution in [0.2, 0.25) is 0 Å². The van der Waals surface area contributed by atoms with Gasteiger partial charge in [-0.2, -0.15) is 12.7 Å². The summed E-state index contributed by atoms with van der Waals surface area (Å²) in [6.45, 7) is 1.32. The average molecular weight is 348 g/mol. The lowest BCUT2D eigenvalue weighted by Gasteiger charge is -2.37. The molecule has 5 nitrogen and oxygen atoms in total. The maximum Gasteiger partial charge on any atom is 0.308 e. The molecule has 1 saturated heterocycles. The smallest absolute Gasteiger partial charge is 0.308 e. The maximum absolute atomic E-state index is 14.3. The van der Waals surface area contributed by atoms with E-state index >= 15 is 0 Å². The summed E-state index contributed by atoms with van der Waals surface area (Å²) in [5, 5.41) is 0. The van der Waals surface area contributed by atoms with E-state index in [9.17, 15) is 12.8 Å². The molecule has 2 aromatic carbocycles. The predicted molar refractivity (Wildman–Crippen MR) is 88.7 cm³/mol. The molecule has 24 heavy (non-hydrogen) atoms. The Morgan fingerprint density at radius 1 is 1.08 bits per heavy atom. The van der Waals surface area contributed by atoms with Crippen molar-refractivity contribution in [2.45, 2.75) is 19.1 Å². The van der Waals surface area contributed by atoms with Crippen molar-refractivity contribution in [1.29, 1.82) is 0 Å². The molecule has 0 radical (unpaired) electrons. The third-order valence-corrected chi connectivity index (χ3v) is 6.11. The van der Waals surface area contributed by atoms with Crippen molar-refractivity contribution >= 4 is 21.6 Å². The van der Waals surface area contributed by atoms with Gasteiger partial charge in [0.1, 0.15) is 5.82 Å². The van der Waals surface area contributed by atoms with Gasteiger partial charge in [0.15, 0.2) is 0 Å². The van der Waals surface area contributed by atoms with Crippen LogP contribution in [0.15, 0.2) is 48.5 Å². The molecule has 0 aliphatic carbocycles. The minimum absolute atomic E-state index is 0.0392. The molecule has 0 bridgehead atoms. The highest BCUT2D eigenvalue weighted by Crippen LogP contribution is 2.39. The largest absolute Gasteiger partial charge is 0.373 e. The molecule has 2 heterocycles. The predicted octanol–water partition coefficient (Wildman–Crippen LogP) is 2.81. The van der Waals surface area contributed by atoms with Crippen LogP contribution in [-0.2, 0) is 21.5 Å². The molecule has 0 unspecified atom stereocenters. The Labute approximate surface area is 140 Å². The molecule has 0 saturated carbocycles. The van der Waals surface area contributed by atoms with Crippen LogP contribution in [0.3, 0.4) is 0 Å². The van der Waals surface area contributed by atoms with Gasteiger partial charge in [0.25, 0.3) is 0 Å². The molecule has 7 heteroatoms. The minimum atomic E-state index is -3.85. The van der Waals surface area contributed by atoms with Gasteiger partial charge in [-0.3, -0.25) is 0 Å². The van der Waals surface area contributed by atoms with Crippen LogP contribution >= 0.6 is 0 Å². The Morgan fingerprint density at radius 2 is 1.75 bits per heavy atom. The van der Waals surface area contributed by atoms with Crippen molar-refractivity contribution in [3.05, 3.63) is 59.9 Å². The Kier molecular flexibility index (Phi) is 3.79. The van der Waals surface area contributed by atoms with Gasteiger partial charge < -0.3 is 4.74 Å². The molecule has 0 spiro atoms. The highest BCUT2D eigenvalue weighted by Gasteiger charge is 2.39. The molecule has 1 atom stereocenters. The zero-order chi connectivity index (χ0) is 16.7. The van der Waals surface area contributed by atoms with E-state index in [4.69, 9.17) is 4.74 Å². The van der Waals surface area contributed by atoms with E-state index in [1.165, 1.54) is 16.4 Å². The van der Waals surface area contributed by atoms with Gasteiger partial charge in [-0.15, -0.1) is 0 Å². The van der Waals surface area contributed by atoms with Crippen LogP contribution < -0.4 is 4.31 Å². The van der Waals surface area contributed by atoms with Crippen LogP contribution in [0.5, 0.6) is 0 Å². The number of hydrogen-bond acceptors (Lipinski definition) is 3. The number of fused-ring (bicyclic) bond motifs is 1. The summed E-state index contributed by atoms with van der Waals surface area (Å²) < 4.78 is 48.2. The number of halogens is 1. The molecular weight excluding hydrogens is 331 g/mol. The number of nitrogens with zero attached hydrogens (tertiary/aromatic N) is 2. The van der Waals surface area contributed by atoms with Gasteiger partial charge in [-0.1, -0.05) is 30.3 Å². The van der Waals surface area contributed by atoms with Crippen LogP contribution in [0.4, 0.5) is 15.8 Å².